The van der Waals surface area contributed by atoms with Gasteiger partial charge in [-0.05, 0) is 23.8 Å². The molecule has 70 valence electrons. The fourth-order valence-electron chi connectivity index (χ4n) is 2.51. The Morgan fingerprint density at radius 1 is 1.00 bits per heavy atom. The molecule has 0 heterocycles. The van der Waals surface area contributed by atoms with Crippen LogP contribution in [0.3, 0.4) is 0 Å². The standard InChI is InChI=1S/C13H18/c1-11-7-5-6-10-13(11)12-8-3-2-4-9-12/h2-4,8-9,11,13H,5-7,10H2,1H3. The van der Waals surface area contributed by atoms with Crippen LogP contribution >= 0.6 is 0 Å². The normalized spacial score (nSPS) is 28.7. The fourth-order valence-corrected chi connectivity index (χ4v) is 2.51. The summed E-state index contributed by atoms with van der Waals surface area (Å²) in [4.78, 5) is 0. The Morgan fingerprint density at radius 3 is 2.38 bits per heavy atom. The summed E-state index contributed by atoms with van der Waals surface area (Å²) >= 11 is 0. The van der Waals surface area contributed by atoms with Gasteiger partial charge in [0.25, 0.3) is 0 Å². The van der Waals surface area contributed by atoms with E-state index in [0.717, 1.165) is 11.8 Å². The summed E-state index contributed by atoms with van der Waals surface area (Å²) in [6.07, 6.45) is 5.67. The Labute approximate surface area is 81.0 Å². The molecule has 0 heteroatoms. The van der Waals surface area contributed by atoms with Crippen LogP contribution in [0.25, 0.3) is 0 Å². The molecule has 1 aliphatic carbocycles. The van der Waals surface area contributed by atoms with Gasteiger partial charge in [0.05, 0.1) is 0 Å². The molecule has 0 spiro atoms. The van der Waals surface area contributed by atoms with E-state index in [2.05, 4.69) is 37.3 Å². The highest BCUT2D eigenvalue weighted by Crippen LogP contribution is 2.36. The molecule has 1 saturated carbocycles. The summed E-state index contributed by atoms with van der Waals surface area (Å²) in [5, 5.41) is 0. The average molecular weight is 174 g/mol. The largest absolute Gasteiger partial charge is 0.0622 e. The molecule has 0 nitrogen and oxygen atoms in total. The highest BCUT2D eigenvalue weighted by molar-refractivity contribution is 5.20. The number of rotatable bonds is 1. The molecule has 0 amide bonds. The first kappa shape index (κ1) is 8.80. The van der Waals surface area contributed by atoms with E-state index in [1.54, 1.807) is 5.56 Å². The van der Waals surface area contributed by atoms with E-state index in [9.17, 15) is 0 Å². The van der Waals surface area contributed by atoms with Gasteiger partial charge >= 0.3 is 0 Å². The minimum absolute atomic E-state index is 0.829. The first-order valence-electron chi connectivity index (χ1n) is 5.43. The van der Waals surface area contributed by atoms with Crippen molar-refractivity contribution in [1.29, 1.82) is 0 Å². The average Bonchev–Trinajstić information content (AvgIpc) is 2.20. The van der Waals surface area contributed by atoms with E-state index in [4.69, 9.17) is 0 Å². The third-order valence-corrected chi connectivity index (χ3v) is 3.34. The van der Waals surface area contributed by atoms with Gasteiger partial charge in [-0.25, -0.2) is 0 Å². The molecule has 1 aromatic carbocycles. The molecule has 0 aliphatic heterocycles. The lowest BCUT2D eigenvalue weighted by molar-refractivity contribution is 0.330. The van der Waals surface area contributed by atoms with Crippen LogP contribution in [-0.4, -0.2) is 0 Å². The van der Waals surface area contributed by atoms with Crippen LogP contribution in [0, 0.1) is 5.92 Å². The molecular formula is C13H18. The van der Waals surface area contributed by atoms with Crippen molar-refractivity contribution in [2.45, 2.75) is 38.5 Å². The SMILES string of the molecule is CC1CCCCC1c1ccccc1. The van der Waals surface area contributed by atoms with Crippen molar-refractivity contribution in [2.24, 2.45) is 5.92 Å². The van der Waals surface area contributed by atoms with Gasteiger partial charge in [0, 0.05) is 0 Å². The van der Waals surface area contributed by atoms with Crippen LogP contribution < -0.4 is 0 Å². The Bertz CT molecular complexity index is 250. The van der Waals surface area contributed by atoms with Gasteiger partial charge in [0.15, 0.2) is 0 Å². The van der Waals surface area contributed by atoms with Gasteiger partial charge in [-0.2, -0.15) is 0 Å². The van der Waals surface area contributed by atoms with Crippen molar-refractivity contribution in [3.63, 3.8) is 0 Å². The molecule has 0 radical (unpaired) electrons. The molecule has 1 aliphatic rings. The van der Waals surface area contributed by atoms with E-state index < -0.39 is 0 Å². The van der Waals surface area contributed by atoms with Gasteiger partial charge in [0.1, 0.15) is 0 Å². The predicted octanol–water partition coefficient (Wildman–Crippen LogP) is 3.98. The minimum Gasteiger partial charge on any atom is -0.0622 e. The molecule has 2 atom stereocenters. The second-order valence-corrected chi connectivity index (χ2v) is 4.28. The quantitative estimate of drug-likeness (QED) is 0.604. The minimum atomic E-state index is 0.829. The highest BCUT2D eigenvalue weighted by Gasteiger charge is 2.22. The van der Waals surface area contributed by atoms with Crippen LogP contribution in [0.2, 0.25) is 0 Å². The van der Waals surface area contributed by atoms with Gasteiger partial charge in [-0.1, -0.05) is 56.5 Å². The summed E-state index contributed by atoms with van der Waals surface area (Å²) in [6.45, 7) is 2.40. The summed E-state index contributed by atoms with van der Waals surface area (Å²) < 4.78 is 0. The van der Waals surface area contributed by atoms with Crippen LogP contribution in [0.5, 0.6) is 0 Å². The van der Waals surface area contributed by atoms with Gasteiger partial charge in [-0.3, -0.25) is 0 Å². The van der Waals surface area contributed by atoms with E-state index >= 15 is 0 Å². The van der Waals surface area contributed by atoms with Gasteiger partial charge in [0.2, 0.25) is 0 Å². The lowest BCUT2D eigenvalue weighted by Crippen LogP contribution is -2.14. The van der Waals surface area contributed by atoms with Gasteiger partial charge < -0.3 is 0 Å². The Morgan fingerprint density at radius 2 is 1.69 bits per heavy atom. The van der Waals surface area contributed by atoms with Crippen molar-refractivity contribution < 1.29 is 0 Å². The molecule has 1 fully saturated rings. The third kappa shape index (κ3) is 1.93. The Balaban J connectivity index is 2.15. The van der Waals surface area contributed by atoms with E-state index in [0.29, 0.717) is 0 Å². The fraction of sp³-hybridized carbons (Fsp3) is 0.538. The van der Waals surface area contributed by atoms with Gasteiger partial charge in [-0.15, -0.1) is 0 Å². The van der Waals surface area contributed by atoms with Crippen molar-refractivity contribution in [1.82, 2.24) is 0 Å². The van der Waals surface area contributed by atoms with Crippen molar-refractivity contribution in [3.05, 3.63) is 35.9 Å². The topological polar surface area (TPSA) is 0 Å². The molecule has 1 aromatic rings. The molecule has 2 rings (SSSR count). The van der Waals surface area contributed by atoms with E-state index in [-0.39, 0.29) is 0 Å². The number of benzene rings is 1. The molecule has 0 aromatic heterocycles. The highest BCUT2D eigenvalue weighted by atomic mass is 14.3. The van der Waals surface area contributed by atoms with Crippen molar-refractivity contribution >= 4 is 0 Å². The maximum atomic E-state index is 2.40. The van der Waals surface area contributed by atoms with E-state index in [1.807, 2.05) is 0 Å². The van der Waals surface area contributed by atoms with Crippen LogP contribution in [0.15, 0.2) is 30.3 Å². The maximum Gasteiger partial charge on any atom is -0.0136 e. The van der Waals surface area contributed by atoms with Crippen molar-refractivity contribution in [2.75, 3.05) is 0 Å². The lowest BCUT2D eigenvalue weighted by atomic mass is 9.76. The Hall–Kier alpha value is -0.780. The Kier molecular flexibility index (Phi) is 2.68. The lowest BCUT2D eigenvalue weighted by Gasteiger charge is -2.29. The molecule has 0 bridgehead atoms. The monoisotopic (exact) mass is 174 g/mol. The molecule has 0 saturated heterocycles. The maximum absolute atomic E-state index is 2.40. The van der Waals surface area contributed by atoms with Crippen LogP contribution in [-0.2, 0) is 0 Å². The molecular weight excluding hydrogens is 156 g/mol. The zero-order valence-corrected chi connectivity index (χ0v) is 8.37. The van der Waals surface area contributed by atoms with Crippen LogP contribution in [0.1, 0.15) is 44.1 Å². The third-order valence-electron chi connectivity index (χ3n) is 3.34. The number of hydrogen-bond acceptors (Lipinski definition) is 0. The zero-order valence-electron chi connectivity index (χ0n) is 8.37. The zero-order chi connectivity index (χ0) is 9.10. The molecule has 13 heavy (non-hydrogen) atoms. The second kappa shape index (κ2) is 3.95. The first-order chi connectivity index (χ1) is 6.38. The molecule has 2 unspecified atom stereocenters. The summed E-state index contributed by atoms with van der Waals surface area (Å²) in [7, 11) is 0. The first-order valence-corrected chi connectivity index (χ1v) is 5.43. The summed E-state index contributed by atoms with van der Waals surface area (Å²) in [5.74, 6) is 1.71. The van der Waals surface area contributed by atoms with E-state index in [1.165, 1.54) is 25.7 Å². The second-order valence-electron chi connectivity index (χ2n) is 4.28. The molecule has 0 N–H and O–H groups in total. The number of hydrogen-bond donors (Lipinski definition) is 0. The predicted molar refractivity (Wildman–Crippen MR) is 56.8 cm³/mol. The summed E-state index contributed by atoms with van der Waals surface area (Å²) in [5.41, 5.74) is 1.55. The van der Waals surface area contributed by atoms with Crippen molar-refractivity contribution in [3.8, 4) is 0 Å². The smallest absolute Gasteiger partial charge is 0.0136 e. The summed E-state index contributed by atoms with van der Waals surface area (Å²) in [6, 6.07) is 11.0. The van der Waals surface area contributed by atoms with Crippen LogP contribution in [0.4, 0.5) is 0 Å².